The highest BCUT2D eigenvalue weighted by molar-refractivity contribution is 9.10. The normalized spacial score (nSPS) is 14.8. The van der Waals surface area contributed by atoms with Gasteiger partial charge in [-0.3, -0.25) is 14.9 Å². The van der Waals surface area contributed by atoms with Gasteiger partial charge in [-0.2, -0.15) is 0 Å². The van der Waals surface area contributed by atoms with Crippen molar-refractivity contribution >= 4 is 57.1 Å². The molecule has 9 heteroatoms. The minimum absolute atomic E-state index is 0.219. The Kier molecular flexibility index (Phi) is 7.47. The fourth-order valence-corrected chi connectivity index (χ4v) is 4.46. The second kappa shape index (κ2) is 10.6. The van der Waals surface area contributed by atoms with Gasteiger partial charge in [0.25, 0.3) is 11.8 Å². The average Bonchev–Trinajstić information content (AvgIpc) is 2.83. The molecule has 184 valence electrons. The highest BCUT2D eigenvalue weighted by Gasteiger charge is 2.37. The van der Waals surface area contributed by atoms with E-state index in [1.807, 2.05) is 31.2 Å². The van der Waals surface area contributed by atoms with Crippen LogP contribution >= 0.6 is 27.5 Å². The number of carbonyl (C=O) groups excluding carboxylic acids is 3. The summed E-state index contributed by atoms with van der Waals surface area (Å²) in [4.78, 5) is 39.3. The maximum absolute atomic E-state index is 13.3. The molecule has 0 radical (unpaired) electrons. The first kappa shape index (κ1) is 25.5. The van der Waals surface area contributed by atoms with Crippen LogP contribution < -0.4 is 19.7 Å². The molecule has 1 fully saturated rings. The smallest absolute Gasteiger partial charge is 0.335 e. The first-order valence-corrected chi connectivity index (χ1v) is 12.1. The predicted molar refractivity (Wildman–Crippen MR) is 141 cm³/mol. The zero-order chi connectivity index (χ0) is 26.0. The molecule has 0 unspecified atom stereocenters. The molecule has 1 aliphatic heterocycles. The van der Waals surface area contributed by atoms with Crippen LogP contribution in [0.15, 0.2) is 64.6 Å². The van der Waals surface area contributed by atoms with Crippen molar-refractivity contribution < 1.29 is 23.9 Å². The number of aryl methyl sites for hydroxylation is 2. The number of urea groups is 1. The average molecular weight is 570 g/mol. The molecule has 1 saturated heterocycles. The maximum Gasteiger partial charge on any atom is 0.335 e. The Hall–Kier alpha value is -3.62. The fourth-order valence-electron chi connectivity index (χ4n) is 3.72. The van der Waals surface area contributed by atoms with Gasteiger partial charge in [0.2, 0.25) is 0 Å². The van der Waals surface area contributed by atoms with Crippen LogP contribution in [0.3, 0.4) is 0 Å². The summed E-state index contributed by atoms with van der Waals surface area (Å²) in [5.41, 5.74) is 3.37. The van der Waals surface area contributed by atoms with Gasteiger partial charge in [-0.25, -0.2) is 9.69 Å². The lowest BCUT2D eigenvalue weighted by atomic mass is 10.1. The number of rotatable bonds is 6. The van der Waals surface area contributed by atoms with Crippen molar-refractivity contribution in [2.45, 2.75) is 20.5 Å². The molecule has 0 aromatic heterocycles. The van der Waals surface area contributed by atoms with Gasteiger partial charge in [0.1, 0.15) is 12.2 Å². The number of barbiturate groups is 1. The van der Waals surface area contributed by atoms with E-state index in [0.29, 0.717) is 28.3 Å². The van der Waals surface area contributed by atoms with Crippen LogP contribution in [-0.2, 0) is 16.2 Å². The summed E-state index contributed by atoms with van der Waals surface area (Å²) < 4.78 is 12.2. The van der Waals surface area contributed by atoms with E-state index in [1.54, 1.807) is 37.3 Å². The van der Waals surface area contributed by atoms with Gasteiger partial charge >= 0.3 is 6.03 Å². The Morgan fingerprint density at radius 3 is 2.42 bits per heavy atom. The highest BCUT2D eigenvalue weighted by Crippen LogP contribution is 2.38. The summed E-state index contributed by atoms with van der Waals surface area (Å²) in [5.74, 6) is -0.875. The number of nitrogens with zero attached hydrogens (tertiary/aromatic N) is 1. The summed E-state index contributed by atoms with van der Waals surface area (Å²) >= 11 is 9.86. The van der Waals surface area contributed by atoms with Crippen LogP contribution in [0.4, 0.5) is 10.5 Å². The molecule has 3 aromatic rings. The number of methoxy groups -OCH3 is 1. The molecule has 4 rings (SSSR count). The lowest BCUT2D eigenvalue weighted by molar-refractivity contribution is -0.122. The molecule has 0 atom stereocenters. The van der Waals surface area contributed by atoms with E-state index in [2.05, 4.69) is 21.2 Å². The largest absolute Gasteiger partial charge is 0.493 e. The van der Waals surface area contributed by atoms with E-state index in [4.69, 9.17) is 21.1 Å². The number of ether oxygens (including phenoxy) is 2. The summed E-state index contributed by atoms with van der Waals surface area (Å²) in [7, 11) is 1.47. The Morgan fingerprint density at radius 2 is 1.75 bits per heavy atom. The zero-order valence-electron chi connectivity index (χ0n) is 19.7. The van der Waals surface area contributed by atoms with Crippen molar-refractivity contribution in [2.75, 3.05) is 12.0 Å². The Balaban J connectivity index is 1.65. The molecule has 0 aliphatic carbocycles. The van der Waals surface area contributed by atoms with E-state index in [1.165, 1.54) is 13.2 Å². The van der Waals surface area contributed by atoms with Crippen LogP contribution in [0.1, 0.15) is 22.3 Å². The summed E-state index contributed by atoms with van der Waals surface area (Å²) in [6.45, 7) is 4.05. The standard InChI is InChI=1S/C27H22BrClN2O5/c1-15-4-6-17(7-5-15)14-36-24-21(29)12-18(13-23(24)35-3)11-20-25(32)30-27(34)31(26(20)33)22-9-8-19(28)10-16(22)2/h4-13H,14H2,1-3H3,(H,30,32,34)/b20-11-. The quantitative estimate of drug-likeness (QED) is 0.292. The lowest BCUT2D eigenvalue weighted by Gasteiger charge is -2.27. The van der Waals surface area contributed by atoms with Crippen molar-refractivity contribution in [1.29, 1.82) is 0 Å². The van der Waals surface area contributed by atoms with Gasteiger partial charge in [0.15, 0.2) is 11.5 Å². The second-order valence-electron chi connectivity index (χ2n) is 8.20. The van der Waals surface area contributed by atoms with Crippen LogP contribution in [0.25, 0.3) is 6.08 Å². The number of imide groups is 2. The third-order valence-corrected chi connectivity index (χ3v) is 6.34. The van der Waals surface area contributed by atoms with Crippen molar-refractivity contribution in [2.24, 2.45) is 0 Å². The number of carbonyl (C=O) groups is 3. The van der Waals surface area contributed by atoms with E-state index in [-0.39, 0.29) is 17.2 Å². The van der Waals surface area contributed by atoms with E-state index in [0.717, 1.165) is 20.5 Å². The monoisotopic (exact) mass is 568 g/mol. The number of amides is 4. The molecular weight excluding hydrogens is 548 g/mol. The maximum atomic E-state index is 13.3. The van der Waals surface area contributed by atoms with Crippen molar-refractivity contribution in [3.8, 4) is 11.5 Å². The Labute approximate surface area is 221 Å². The molecule has 0 saturated carbocycles. The number of nitrogens with one attached hydrogen (secondary N) is 1. The van der Waals surface area contributed by atoms with Crippen LogP contribution in [0.5, 0.6) is 11.5 Å². The molecule has 3 aromatic carbocycles. The molecular formula is C27H22BrClN2O5. The third kappa shape index (κ3) is 5.29. The van der Waals surface area contributed by atoms with Crippen LogP contribution in [0, 0.1) is 13.8 Å². The molecule has 1 heterocycles. The number of hydrogen-bond donors (Lipinski definition) is 1. The highest BCUT2D eigenvalue weighted by atomic mass is 79.9. The fraction of sp³-hybridized carbons (Fsp3) is 0.148. The van der Waals surface area contributed by atoms with Crippen molar-refractivity contribution in [3.05, 3.63) is 91.9 Å². The molecule has 0 spiro atoms. The lowest BCUT2D eigenvalue weighted by Crippen LogP contribution is -2.54. The van der Waals surface area contributed by atoms with Gasteiger partial charge in [-0.1, -0.05) is 57.4 Å². The molecule has 4 amide bonds. The first-order chi connectivity index (χ1) is 17.2. The predicted octanol–water partition coefficient (Wildman–Crippen LogP) is 5.97. The zero-order valence-corrected chi connectivity index (χ0v) is 22.1. The number of hydrogen-bond acceptors (Lipinski definition) is 5. The van der Waals surface area contributed by atoms with E-state index in [9.17, 15) is 14.4 Å². The SMILES string of the molecule is COc1cc(/C=C2/C(=O)NC(=O)N(c3ccc(Br)cc3C)C2=O)cc(Cl)c1OCc1ccc(C)cc1. The third-order valence-electron chi connectivity index (χ3n) is 5.57. The molecule has 36 heavy (non-hydrogen) atoms. The Bertz CT molecular complexity index is 1400. The van der Waals surface area contributed by atoms with Gasteiger partial charge in [0, 0.05) is 4.47 Å². The van der Waals surface area contributed by atoms with E-state index < -0.39 is 17.8 Å². The van der Waals surface area contributed by atoms with Gasteiger partial charge in [-0.15, -0.1) is 0 Å². The minimum Gasteiger partial charge on any atom is -0.493 e. The van der Waals surface area contributed by atoms with Crippen LogP contribution in [0.2, 0.25) is 5.02 Å². The molecule has 1 N–H and O–H groups in total. The Morgan fingerprint density at radius 1 is 1.03 bits per heavy atom. The first-order valence-electron chi connectivity index (χ1n) is 10.9. The van der Waals surface area contributed by atoms with Crippen LogP contribution in [-0.4, -0.2) is 25.0 Å². The summed E-state index contributed by atoms with van der Waals surface area (Å²) in [5, 5.41) is 2.47. The van der Waals surface area contributed by atoms with Crippen molar-refractivity contribution in [1.82, 2.24) is 5.32 Å². The molecule has 7 nitrogen and oxygen atoms in total. The van der Waals surface area contributed by atoms with Gasteiger partial charge < -0.3 is 9.47 Å². The number of anilines is 1. The second-order valence-corrected chi connectivity index (χ2v) is 9.52. The summed E-state index contributed by atoms with van der Waals surface area (Å²) in [6, 6.07) is 15.4. The number of halogens is 2. The minimum atomic E-state index is -0.817. The topological polar surface area (TPSA) is 84.9 Å². The van der Waals surface area contributed by atoms with Crippen molar-refractivity contribution in [3.63, 3.8) is 0 Å². The van der Waals surface area contributed by atoms with Gasteiger partial charge in [-0.05, 0) is 66.9 Å². The van der Waals surface area contributed by atoms with Gasteiger partial charge in [0.05, 0.1) is 17.8 Å². The summed E-state index contributed by atoms with van der Waals surface area (Å²) in [6.07, 6.45) is 1.36. The number of benzene rings is 3. The van der Waals surface area contributed by atoms with E-state index >= 15 is 0 Å². The molecule has 0 bridgehead atoms. The molecule has 1 aliphatic rings.